The first-order valence-electron chi connectivity index (χ1n) is 3.18. The fourth-order valence-electron chi connectivity index (χ4n) is 0.941. The highest BCUT2D eigenvalue weighted by Crippen LogP contribution is 2.25. The highest BCUT2D eigenvalue weighted by atomic mass is 35.5. The second-order valence-electron chi connectivity index (χ2n) is 2.29. The predicted octanol–water partition coefficient (Wildman–Crippen LogP) is 2.58. The van der Waals surface area contributed by atoms with Gasteiger partial charge < -0.3 is 5.73 Å². The van der Waals surface area contributed by atoms with Crippen molar-refractivity contribution >= 4 is 39.1 Å². The van der Waals surface area contributed by atoms with Crippen LogP contribution < -0.4 is 5.73 Å². The topological polar surface area (TPSA) is 38.9 Å². The quantitative estimate of drug-likeness (QED) is 0.744. The zero-order valence-electron chi connectivity index (χ0n) is 6.25. The summed E-state index contributed by atoms with van der Waals surface area (Å²) in [5.41, 5.74) is 5.75. The minimum Gasteiger partial charge on any atom is -0.375 e. The maximum absolute atomic E-state index is 12.6. The van der Waals surface area contributed by atoms with Crippen molar-refractivity contribution in [1.82, 2.24) is 4.98 Å². The average molecular weight is 223 g/mol. The van der Waals surface area contributed by atoms with Gasteiger partial charge >= 0.3 is 0 Å². The van der Waals surface area contributed by atoms with Crippen LogP contribution in [0, 0.1) is 11.6 Å². The number of aromatic nitrogens is 1. The molecule has 0 radical (unpaired) electrons. The van der Waals surface area contributed by atoms with Crippen molar-refractivity contribution in [2.45, 2.75) is 0 Å². The van der Waals surface area contributed by atoms with Crippen LogP contribution in [0.4, 0.5) is 13.9 Å². The molecule has 1 heterocycles. The molecule has 2 nitrogen and oxygen atoms in total. The first-order chi connectivity index (χ1) is 5.66. The molecular weight excluding hydrogens is 218 g/mol. The predicted molar refractivity (Wildman–Crippen MR) is 51.2 cm³/mol. The van der Waals surface area contributed by atoms with E-state index in [1.807, 2.05) is 0 Å². The highest BCUT2D eigenvalue weighted by molar-refractivity contribution is 7.22. The Morgan fingerprint density at radius 2 is 1.85 bits per heavy atom. The first kappa shape index (κ1) is 10.1. The zero-order valence-corrected chi connectivity index (χ0v) is 7.88. The van der Waals surface area contributed by atoms with Crippen LogP contribution in [0.2, 0.25) is 0 Å². The molecular formula is C7H5ClF2N2S. The maximum atomic E-state index is 12.6. The first-order valence-corrected chi connectivity index (χ1v) is 3.99. The standard InChI is InChI=1S/C7H4F2N2S.ClH/c8-3-1-5-6(2-4(3)9)12-7(10)11-5;/h1-2H,(H2,10,11);1H. The lowest BCUT2D eigenvalue weighted by Crippen LogP contribution is -1.82. The molecule has 2 aromatic rings. The molecule has 70 valence electrons. The van der Waals surface area contributed by atoms with Crippen LogP contribution in [0.3, 0.4) is 0 Å². The van der Waals surface area contributed by atoms with Gasteiger partial charge in [0.15, 0.2) is 16.8 Å². The molecule has 0 unspecified atom stereocenters. The van der Waals surface area contributed by atoms with Crippen LogP contribution in [0.25, 0.3) is 10.2 Å². The molecule has 6 heteroatoms. The van der Waals surface area contributed by atoms with E-state index in [-0.39, 0.29) is 12.4 Å². The SMILES string of the molecule is Cl.Nc1nc2cc(F)c(F)cc2s1. The van der Waals surface area contributed by atoms with Gasteiger partial charge in [-0.05, 0) is 6.07 Å². The van der Waals surface area contributed by atoms with E-state index in [2.05, 4.69) is 4.98 Å². The Balaban J connectivity index is 0.000000845. The summed E-state index contributed by atoms with van der Waals surface area (Å²) in [5, 5.41) is 0.315. The van der Waals surface area contributed by atoms with Crippen molar-refractivity contribution < 1.29 is 8.78 Å². The van der Waals surface area contributed by atoms with E-state index >= 15 is 0 Å². The number of nitrogens with two attached hydrogens (primary N) is 1. The fraction of sp³-hybridized carbons (Fsp3) is 0. The number of fused-ring (bicyclic) bond motifs is 1. The third kappa shape index (κ3) is 1.71. The molecule has 1 aromatic heterocycles. The molecule has 0 amide bonds. The van der Waals surface area contributed by atoms with Crippen molar-refractivity contribution in [3.05, 3.63) is 23.8 Å². The normalized spacial score (nSPS) is 10.0. The van der Waals surface area contributed by atoms with E-state index in [0.717, 1.165) is 23.5 Å². The summed E-state index contributed by atoms with van der Waals surface area (Å²) in [6.07, 6.45) is 0. The highest BCUT2D eigenvalue weighted by Gasteiger charge is 2.07. The van der Waals surface area contributed by atoms with Gasteiger partial charge in [-0.15, -0.1) is 12.4 Å². The number of rotatable bonds is 0. The second kappa shape index (κ2) is 3.43. The van der Waals surface area contributed by atoms with Crippen LogP contribution in [0.1, 0.15) is 0 Å². The molecule has 0 saturated carbocycles. The van der Waals surface area contributed by atoms with Gasteiger partial charge in [0, 0.05) is 6.07 Å². The van der Waals surface area contributed by atoms with Gasteiger partial charge in [0.05, 0.1) is 10.2 Å². The van der Waals surface area contributed by atoms with Crippen molar-refractivity contribution in [2.24, 2.45) is 0 Å². The van der Waals surface area contributed by atoms with Gasteiger partial charge in [0.1, 0.15) is 0 Å². The number of anilines is 1. The largest absolute Gasteiger partial charge is 0.375 e. The summed E-state index contributed by atoms with van der Waals surface area (Å²) in [7, 11) is 0. The van der Waals surface area contributed by atoms with Crippen LogP contribution >= 0.6 is 23.7 Å². The molecule has 0 bridgehead atoms. The van der Waals surface area contributed by atoms with Crippen molar-refractivity contribution in [1.29, 1.82) is 0 Å². The Morgan fingerprint density at radius 1 is 1.23 bits per heavy atom. The lowest BCUT2D eigenvalue weighted by atomic mass is 10.3. The van der Waals surface area contributed by atoms with E-state index in [4.69, 9.17) is 5.73 Å². The molecule has 2 rings (SSSR count). The Bertz CT molecular complexity index is 404. The maximum Gasteiger partial charge on any atom is 0.181 e. The van der Waals surface area contributed by atoms with E-state index in [9.17, 15) is 8.78 Å². The van der Waals surface area contributed by atoms with Gasteiger partial charge in [-0.1, -0.05) is 11.3 Å². The Morgan fingerprint density at radius 3 is 2.54 bits per heavy atom. The van der Waals surface area contributed by atoms with E-state index in [1.54, 1.807) is 0 Å². The number of thiazole rings is 1. The van der Waals surface area contributed by atoms with Crippen molar-refractivity contribution in [3.63, 3.8) is 0 Å². The Labute approximate surface area is 82.8 Å². The molecule has 0 aliphatic rings. The molecule has 0 aliphatic heterocycles. The Hall–Kier alpha value is -0.940. The smallest absolute Gasteiger partial charge is 0.181 e. The zero-order chi connectivity index (χ0) is 8.72. The third-order valence-corrected chi connectivity index (χ3v) is 2.29. The number of hydrogen-bond acceptors (Lipinski definition) is 3. The molecule has 0 fully saturated rings. The fourth-order valence-corrected chi connectivity index (χ4v) is 1.68. The van der Waals surface area contributed by atoms with Crippen molar-refractivity contribution in [3.8, 4) is 0 Å². The summed E-state index contributed by atoms with van der Waals surface area (Å²) >= 11 is 1.13. The number of nitrogen functional groups attached to an aromatic ring is 1. The van der Waals surface area contributed by atoms with Crippen LogP contribution in [0.5, 0.6) is 0 Å². The summed E-state index contributed by atoms with van der Waals surface area (Å²) < 4.78 is 25.8. The van der Waals surface area contributed by atoms with Crippen LogP contribution in [-0.2, 0) is 0 Å². The summed E-state index contributed by atoms with van der Waals surface area (Å²) in [5.74, 6) is -1.76. The molecule has 0 saturated heterocycles. The molecule has 0 atom stereocenters. The summed E-state index contributed by atoms with van der Waals surface area (Å²) in [6, 6.07) is 2.14. The van der Waals surface area contributed by atoms with Gasteiger partial charge in [0.2, 0.25) is 0 Å². The van der Waals surface area contributed by atoms with E-state index < -0.39 is 11.6 Å². The minimum atomic E-state index is -0.896. The number of hydrogen-bond donors (Lipinski definition) is 1. The summed E-state index contributed by atoms with van der Waals surface area (Å²) in [6.45, 7) is 0. The monoisotopic (exact) mass is 222 g/mol. The lowest BCUT2D eigenvalue weighted by molar-refractivity contribution is 0.511. The lowest BCUT2D eigenvalue weighted by Gasteiger charge is -1.89. The van der Waals surface area contributed by atoms with Gasteiger partial charge in [-0.2, -0.15) is 0 Å². The molecule has 13 heavy (non-hydrogen) atoms. The van der Waals surface area contributed by atoms with E-state index in [1.165, 1.54) is 0 Å². The summed E-state index contributed by atoms with van der Waals surface area (Å²) in [4.78, 5) is 3.80. The van der Waals surface area contributed by atoms with Crippen LogP contribution in [0.15, 0.2) is 12.1 Å². The van der Waals surface area contributed by atoms with Crippen LogP contribution in [-0.4, -0.2) is 4.98 Å². The van der Waals surface area contributed by atoms with Gasteiger partial charge in [-0.25, -0.2) is 13.8 Å². The van der Waals surface area contributed by atoms with Crippen molar-refractivity contribution in [2.75, 3.05) is 5.73 Å². The van der Waals surface area contributed by atoms with E-state index in [0.29, 0.717) is 15.3 Å². The Kier molecular flexibility index (Phi) is 2.68. The molecule has 0 spiro atoms. The van der Waals surface area contributed by atoms with Gasteiger partial charge in [-0.3, -0.25) is 0 Å². The molecule has 0 aliphatic carbocycles. The second-order valence-corrected chi connectivity index (χ2v) is 3.35. The molecule has 1 aromatic carbocycles. The molecule has 2 N–H and O–H groups in total. The number of halogens is 3. The number of nitrogens with zero attached hydrogens (tertiary/aromatic N) is 1. The number of benzene rings is 1. The minimum absolute atomic E-state index is 0. The third-order valence-electron chi connectivity index (χ3n) is 1.45. The van der Waals surface area contributed by atoms with Gasteiger partial charge in [0.25, 0.3) is 0 Å². The average Bonchev–Trinajstić information content (AvgIpc) is 2.30.